The van der Waals surface area contributed by atoms with Crippen LogP contribution in [0.15, 0.2) is 0 Å². The molecule has 2 heterocycles. The standard InChI is InChI=1S/C16H20N2O3S/c1-8(19)11-10(13(20)21)17-14-18(11)9-6-15(2,3)7-16(4,5)12(9)22-14/h6-7H2,1-5H3,(H,20,21). The fraction of sp³-hybridized carbons (Fsp3) is 0.562. The smallest absolute Gasteiger partial charge is 0.356 e. The first-order valence-corrected chi connectivity index (χ1v) is 8.14. The fourth-order valence-corrected chi connectivity index (χ4v) is 5.17. The molecule has 0 radical (unpaired) electrons. The van der Waals surface area contributed by atoms with Gasteiger partial charge in [0, 0.05) is 22.9 Å². The van der Waals surface area contributed by atoms with Crippen LogP contribution in [-0.2, 0) is 11.8 Å². The highest BCUT2D eigenvalue weighted by atomic mass is 32.1. The van der Waals surface area contributed by atoms with Gasteiger partial charge in [0.25, 0.3) is 0 Å². The molecular formula is C16H20N2O3S. The zero-order valence-electron chi connectivity index (χ0n) is 13.5. The third-order valence-electron chi connectivity index (χ3n) is 4.29. The number of aromatic nitrogens is 2. The predicted octanol–water partition coefficient (Wildman–Crippen LogP) is 3.55. The molecule has 0 atom stereocenters. The molecule has 0 saturated carbocycles. The van der Waals surface area contributed by atoms with Gasteiger partial charge in [-0.3, -0.25) is 9.20 Å². The van der Waals surface area contributed by atoms with E-state index < -0.39 is 5.97 Å². The number of aromatic carboxylic acids is 1. The van der Waals surface area contributed by atoms with E-state index in [1.54, 1.807) is 4.40 Å². The van der Waals surface area contributed by atoms with Gasteiger partial charge in [0.15, 0.2) is 16.4 Å². The summed E-state index contributed by atoms with van der Waals surface area (Å²) < 4.78 is 1.79. The molecule has 0 fully saturated rings. The molecule has 0 spiro atoms. The number of carboxylic acids is 1. The summed E-state index contributed by atoms with van der Waals surface area (Å²) in [7, 11) is 0. The van der Waals surface area contributed by atoms with Crippen LogP contribution in [0.2, 0.25) is 0 Å². The second kappa shape index (κ2) is 4.41. The summed E-state index contributed by atoms with van der Waals surface area (Å²) in [4.78, 5) is 29.5. The highest BCUT2D eigenvalue weighted by molar-refractivity contribution is 7.17. The van der Waals surface area contributed by atoms with Crippen LogP contribution in [0.1, 0.15) is 72.6 Å². The van der Waals surface area contributed by atoms with Gasteiger partial charge in [-0.25, -0.2) is 9.78 Å². The van der Waals surface area contributed by atoms with Crippen molar-refractivity contribution in [2.24, 2.45) is 5.41 Å². The third-order valence-corrected chi connectivity index (χ3v) is 5.74. The lowest BCUT2D eigenvalue weighted by molar-refractivity contribution is 0.0686. The molecule has 6 heteroatoms. The van der Waals surface area contributed by atoms with Crippen LogP contribution < -0.4 is 0 Å². The largest absolute Gasteiger partial charge is 0.476 e. The van der Waals surface area contributed by atoms with Crippen LogP contribution in [0.3, 0.4) is 0 Å². The molecule has 0 unspecified atom stereocenters. The van der Waals surface area contributed by atoms with Gasteiger partial charge in [-0.05, 0) is 18.3 Å². The maximum Gasteiger partial charge on any atom is 0.356 e. The Hall–Kier alpha value is -1.69. The highest BCUT2D eigenvalue weighted by Gasteiger charge is 2.41. The van der Waals surface area contributed by atoms with Crippen LogP contribution in [0, 0.1) is 5.41 Å². The maximum atomic E-state index is 12.0. The molecule has 118 valence electrons. The van der Waals surface area contributed by atoms with Crippen molar-refractivity contribution < 1.29 is 14.7 Å². The Morgan fingerprint density at radius 2 is 1.91 bits per heavy atom. The fourth-order valence-electron chi connectivity index (χ4n) is 3.92. The van der Waals surface area contributed by atoms with Crippen LogP contribution >= 0.6 is 11.3 Å². The van der Waals surface area contributed by atoms with Crippen molar-refractivity contribution in [1.82, 2.24) is 9.38 Å². The van der Waals surface area contributed by atoms with Gasteiger partial charge in [0.05, 0.1) is 0 Å². The van der Waals surface area contributed by atoms with Gasteiger partial charge in [0.2, 0.25) is 0 Å². The van der Waals surface area contributed by atoms with Gasteiger partial charge in [0.1, 0.15) is 5.69 Å². The van der Waals surface area contributed by atoms with E-state index >= 15 is 0 Å². The summed E-state index contributed by atoms with van der Waals surface area (Å²) in [5.74, 6) is -1.41. The molecule has 22 heavy (non-hydrogen) atoms. The van der Waals surface area contributed by atoms with Gasteiger partial charge in [-0.1, -0.05) is 27.7 Å². The Morgan fingerprint density at radius 3 is 2.45 bits per heavy atom. The number of rotatable bonds is 2. The van der Waals surface area contributed by atoms with E-state index in [1.165, 1.54) is 23.1 Å². The van der Waals surface area contributed by atoms with Crippen LogP contribution in [0.4, 0.5) is 0 Å². The van der Waals surface area contributed by atoms with Gasteiger partial charge in [-0.15, -0.1) is 11.3 Å². The normalized spacial score (nSPS) is 19.1. The van der Waals surface area contributed by atoms with E-state index in [9.17, 15) is 14.7 Å². The molecule has 2 aromatic heterocycles. The van der Waals surface area contributed by atoms with E-state index in [4.69, 9.17) is 0 Å². The van der Waals surface area contributed by atoms with Crippen molar-refractivity contribution in [1.29, 1.82) is 0 Å². The van der Waals surface area contributed by atoms with Crippen LogP contribution in [-0.4, -0.2) is 26.2 Å². The van der Waals surface area contributed by atoms with E-state index in [-0.39, 0.29) is 28.0 Å². The molecule has 2 aromatic rings. The maximum absolute atomic E-state index is 12.0. The topological polar surface area (TPSA) is 71.7 Å². The van der Waals surface area contributed by atoms with E-state index in [2.05, 4.69) is 32.7 Å². The number of nitrogens with zero attached hydrogens (tertiary/aromatic N) is 2. The van der Waals surface area contributed by atoms with E-state index in [0.29, 0.717) is 4.96 Å². The number of carbonyl (C=O) groups is 2. The average Bonchev–Trinajstić information content (AvgIpc) is 2.83. The van der Waals surface area contributed by atoms with E-state index in [0.717, 1.165) is 18.5 Å². The summed E-state index contributed by atoms with van der Waals surface area (Å²) in [5, 5.41) is 9.32. The minimum absolute atomic E-state index is 0.000103. The summed E-state index contributed by atoms with van der Waals surface area (Å²) in [6, 6.07) is 0. The first-order chi connectivity index (χ1) is 10.0. The predicted molar refractivity (Wildman–Crippen MR) is 85.2 cm³/mol. The first-order valence-electron chi connectivity index (χ1n) is 7.32. The average molecular weight is 320 g/mol. The zero-order chi connectivity index (χ0) is 16.4. The highest BCUT2D eigenvalue weighted by Crippen LogP contribution is 2.49. The second-order valence-electron chi connectivity index (χ2n) is 7.57. The van der Waals surface area contributed by atoms with Gasteiger partial charge >= 0.3 is 5.97 Å². The summed E-state index contributed by atoms with van der Waals surface area (Å²) in [5.41, 5.74) is 1.22. The Labute approximate surface area is 133 Å². The minimum Gasteiger partial charge on any atom is -0.476 e. The monoisotopic (exact) mass is 320 g/mol. The second-order valence-corrected chi connectivity index (χ2v) is 8.55. The Morgan fingerprint density at radius 1 is 1.27 bits per heavy atom. The van der Waals surface area contributed by atoms with Crippen LogP contribution in [0.5, 0.6) is 0 Å². The van der Waals surface area contributed by atoms with Crippen molar-refractivity contribution in [3.8, 4) is 0 Å². The molecule has 3 rings (SSSR count). The summed E-state index contributed by atoms with van der Waals surface area (Å²) >= 11 is 1.51. The Kier molecular flexibility index (Phi) is 3.05. The summed E-state index contributed by atoms with van der Waals surface area (Å²) in [6.45, 7) is 10.2. The quantitative estimate of drug-likeness (QED) is 0.859. The minimum atomic E-state index is -1.15. The molecule has 0 aliphatic heterocycles. The number of thiazole rings is 1. The molecule has 5 nitrogen and oxygen atoms in total. The van der Waals surface area contributed by atoms with Gasteiger partial charge < -0.3 is 5.11 Å². The lowest BCUT2D eigenvalue weighted by atomic mass is 9.67. The zero-order valence-corrected chi connectivity index (χ0v) is 14.3. The van der Waals surface area contributed by atoms with Gasteiger partial charge in [-0.2, -0.15) is 0 Å². The number of hydrogen-bond acceptors (Lipinski definition) is 4. The SMILES string of the molecule is CC(=O)c1c(C(=O)O)nc2sc3c(n12)CC(C)(C)CC3(C)C. The molecule has 0 amide bonds. The Bertz CT molecular complexity index is 811. The molecule has 0 bridgehead atoms. The molecule has 1 aliphatic rings. The van der Waals surface area contributed by atoms with Crippen molar-refractivity contribution in [2.45, 2.75) is 52.9 Å². The molecular weight excluding hydrogens is 300 g/mol. The number of imidazole rings is 1. The number of carboxylic acid groups (broad SMARTS) is 1. The molecule has 1 aliphatic carbocycles. The number of carbonyl (C=O) groups excluding carboxylic acids is 1. The summed E-state index contributed by atoms with van der Waals surface area (Å²) in [6.07, 6.45) is 1.87. The number of fused-ring (bicyclic) bond motifs is 3. The first kappa shape index (κ1) is 15.2. The van der Waals surface area contributed by atoms with Crippen molar-refractivity contribution in [3.05, 3.63) is 22.0 Å². The lowest BCUT2D eigenvalue weighted by Gasteiger charge is -2.40. The van der Waals surface area contributed by atoms with E-state index in [1.807, 2.05) is 0 Å². The van der Waals surface area contributed by atoms with Crippen LogP contribution in [0.25, 0.3) is 4.96 Å². The molecule has 0 saturated heterocycles. The molecule has 0 aromatic carbocycles. The number of ketones is 1. The molecule has 1 N–H and O–H groups in total. The third kappa shape index (κ3) is 2.08. The lowest BCUT2D eigenvalue weighted by Crippen LogP contribution is -2.34. The van der Waals surface area contributed by atoms with Crippen molar-refractivity contribution >= 4 is 28.1 Å². The number of Topliss-reactive ketones (excluding diaryl/α,β-unsaturated/α-hetero) is 1. The van der Waals surface area contributed by atoms with Crippen molar-refractivity contribution in [3.63, 3.8) is 0 Å². The number of hydrogen-bond donors (Lipinski definition) is 1. The van der Waals surface area contributed by atoms with Crippen molar-refractivity contribution in [2.75, 3.05) is 0 Å². The Balaban J connectivity index is 2.38.